The molecule has 0 heterocycles. The number of carbonyl (C=O) groups excluding carboxylic acids is 1. The molecule has 0 saturated carbocycles. The molecule has 0 fully saturated rings. The number of carbonyl (C=O) groups is 2. The van der Waals surface area contributed by atoms with Crippen molar-refractivity contribution in [3.8, 4) is 0 Å². The van der Waals surface area contributed by atoms with Crippen LogP contribution in [0.5, 0.6) is 0 Å². The van der Waals surface area contributed by atoms with Crippen molar-refractivity contribution in [3.63, 3.8) is 0 Å². The molecule has 0 aromatic heterocycles. The monoisotopic (exact) mass is 342 g/mol. The van der Waals surface area contributed by atoms with Crippen LogP contribution in [0.1, 0.15) is 31.2 Å². The number of hydrogen-bond donors (Lipinski definition) is 2. The van der Waals surface area contributed by atoms with Gasteiger partial charge in [0.1, 0.15) is 0 Å². The highest BCUT2D eigenvalue weighted by molar-refractivity contribution is 7.89. The molecule has 23 heavy (non-hydrogen) atoms. The predicted molar refractivity (Wildman–Crippen MR) is 86.8 cm³/mol. The fraction of sp³-hybridized carbons (Fsp3) is 0.467. The number of sulfonamides is 1. The summed E-state index contributed by atoms with van der Waals surface area (Å²) in [5.41, 5.74) is 0.998. The highest BCUT2D eigenvalue weighted by atomic mass is 32.2. The number of aliphatic carboxylic acids is 1. The van der Waals surface area contributed by atoms with Crippen molar-refractivity contribution in [2.75, 3.05) is 19.4 Å². The average molecular weight is 342 g/mol. The van der Waals surface area contributed by atoms with Gasteiger partial charge >= 0.3 is 5.97 Å². The van der Waals surface area contributed by atoms with E-state index in [0.29, 0.717) is 24.1 Å². The van der Waals surface area contributed by atoms with Crippen LogP contribution in [0.15, 0.2) is 23.1 Å². The lowest BCUT2D eigenvalue weighted by Crippen LogP contribution is -2.23. The number of unbranched alkanes of at least 4 members (excludes halogenated alkanes) is 1. The summed E-state index contributed by atoms with van der Waals surface area (Å²) >= 11 is 0. The summed E-state index contributed by atoms with van der Waals surface area (Å²) in [5, 5.41) is 11.2. The van der Waals surface area contributed by atoms with Crippen LogP contribution in [-0.2, 0) is 19.6 Å². The van der Waals surface area contributed by atoms with Gasteiger partial charge in [-0.15, -0.1) is 0 Å². The molecule has 0 saturated heterocycles. The SMILES string of the molecule is Cc1ccc(NC(=O)CCCCC(=O)O)cc1S(=O)(=O)N(C)C. The lowest BCUT2D eigenvalue weighted by Gasteiger charge is -2.15. The Morgan fingerprint density at radius 2 is 1.78 bits per heavy atom. The first-order valence-electron chi connectivity index (χ1n) is 7.19. The number of rotatable bonds is 8. The summed E-state index contributed by atoms with van der Waals surface area (Å²) < 4.78 is 25.6. The van der Waals surface area contributed by atoms with Crippen LogP contribution in [0.3, 0.4) is 0 Å². The summed E-state index contributed by atoms with van der Waals surface area (Å²) in [7, 11) is -0.686. The van der Waals surface area contributed by atoms with E-state index in [1.807, 2.05) is 0 Å². The number of amides is 1. The molecule has 0 bridgehead atoms. The lowest BCUT2D eigenvalue weighted by molar-refractivity contribution is -0.137. The van der Waals surface area contributed by atoms with E-state index < -0.39 is 16.0 Å². The first-order valence-corrected chi connectivity index (χ1v) is 8.63. The Bertz CT molecular complexity index is 683. The van der Waals surface area contributed by atoms with Gasteiger partial charge in [0, 0.05) is 32.6 Å². The van der Waals surface area contributed by atoms with Gasteiger partial charge in [0.2, 0.25) is 15.9 Å². The number of nitrogens with one attached hydrogen (secondary N) is 1. The minimum Gasteiger partial charge on any atom is -0.481 e. The molecule has 0 spiro atoms. The van der Waals surface area contributed by atoms with Crippen molar-refractivity contribution in [1.29, 1.82) is 0 Å². The molecule has 1 aromatic carbocycles. The third-order valence-corrected chi connectivity index (χ3v) is 5.23. The second-order valence-corrected chi connectivity index (χ2v) is 7.54. The fourth-order valence-electron chi connectivity index (χ4n) is 1.94. The summed E-state index contributed by atoms with van der Waals surface area (Å²) in [4.78, 5) is 22.4. The van der Waals surface area contributed by atoms with Crippen LogP contribution in [0.4, 0.5) is 5.69 Å². The van der Waals surface area contributed by atoms with E-state index in [-0.39, 0.29) is 23.6 Å². The third kappa shape index (κ3) is 5.65. The number of hydrogen-bond acceptors (Lipinski definition) is 4. The van der Waals surface area contributed by atoms with Gasteiger partial charge in [-0.05, 0) is 37.5 Å². The minimum absolute atomic E-state index is 0.0308. The molecule has 0 aliphatic carbocycles. The minimum atomic E-state index is -3.58. The number of anilines is 1. The Balaban J connectivity index is 2.75. The Hall–Kier alpha value is -1.93. The zero-order chi connectivity index (χ0) is 17.6. The van der Waals surface area contributed by atoms with Gasteiger partial charge in [-0.25, -0.2) is 12.7 Å². The van der Waals surface area contributed by atoms with Crippen LogP contribution < -0.4 is 5.32 Å². The molecular weight excluding hydrogens is 320 g/mol. The quantitative estimate of drug-likeness (QED) is 0.701. The largest absolute Gasteiger partial charge is 0.481 e. The zero-order valence-corrected chi connectivity index (χ0v) is 14.3. The first kappa shape index (κ1) is 19.1. The lowest BCUT2D eigenvalue weighted by atomic mass is 10.2. The second kappa shape index (κ2) is 8.07. The number of carboxylic acid groups (broad SMARTS) is 1. The van der Waals surface area contributed by atoms with Crippen LogP contribution in [0.2, 0.25) is 0 Å². The summed E-state index contributed by atoms with van der Waals surface area (Å²) in [5.74, 6) is -1.16. The molecule has 1 rings (SSSR count). The van der Waals surface area contributed by atoms with Crippen molar-refractivity contribution < 1.29 is 23.1 Å². The van der Waals surface area contributed by atoms with E-state index in [0.717, 1.165) is 4.31 Å². The van der Waals surface area contributed by atoms with E-state index in [4.69, 9.17) is 5.11 Å². The van der Waals surface area contributed by atoms with Gasteiger partial charge in [0.25, 0.3) is 0 Å². The van der Waals surface area contributed by atoms with Crippen molar-refractivity contribution in [2.45, 2.75) is 37.5 Å². The molecule has 0 radical (unpaired) electrons. The maximum atomic E-state index is 12.2. The molecule has 8 heteroatoms. The predicted octanol–water partition coefficient (Wildman–Crippen LogP) is 1.83. The molecular formula is C15H22N2O5S. The first-order chi connectivity index (χ1) is 10.6. The van der Waals surface area contributed by atoms with E-state index >= 15 is 0 Å². The third-order valence-electron chi connectivity index (χ3n) is 3.28. The molecule has 128 valence electrons. The van der Waals surface area contributed by atoms with E-state index in [2.05, 4.69) is 5.32 Å². The molecule has 0 aliphatic heterocycles. The van der Waals surface area contributed by atoms with E-state index in [1.165, 1.54) is 20.2 Å². The Morgan fingerprint density at radius 3 is 2.35 bits per heavy atom. The van der Waals surface area contributed by atoms with Gasteiger partial charge in [0.05, 0.1) is 4.90 Å². The molecule has 1 amide bonds. The molecule has 1 aromatic rings. The summed E-state index contributed by atoms with van der Waals surface area (Å²) in [6.07, 6.45) is 1.11. The highest BCUT2D eigenvalue weighted by Gasteiger charge is 2.20. The van der Waals surface area contributed by atoms with Gasteiger partial charge < -0.3 is 10.4 Å². The smallest absolute Gasteiger partial charge is 0.303 e. The topological polar surface area (TPSA) is 104 Å². The second-order valence-electron chi connectivity index (χ2n) is 5.42. The van der Waals surface area contributed by atoms with Gasteiger partial charge in [-0.3, -0.25) is 9.59 Å². The Labute approximate surface area is 136 Å². The number of benzene rings is 1. The number of aryl methyl sites for hydroxylation is 1. The van der Waals surface area contributed by atoms with Gasteiger partial charge in [0.15, 0.2) is 0 Å². The highest BCUT2D eigenvalue weighted by Crippen LogP contribution is 2.22. The maximum Gasteiger partial charge on any atom is 0.303 e. The number of nitrogens with zero attached hydrogens (tertiary/aromatic N) is 1. The van der Waals surface area contributed by atoms with Crippen molar-refractivity contribution in [1.82, 2.24) is 4.31 Å². The Morgan fingerprint density at radius 1 is 1.17 bits per heavy atom. The van der Waals surface area contributed by atoms with E-state index in [1.54, 1.807) is 19.1 Å². The van der Waals surface area contributed by atoms with Crippen molar-refractivity contribution in [2.24, 2.45) is 0 Å². The standard InChI is InChI=1S/C15H22N2O5S/c1-11-8-9-12(10-13(11)23(21,22)17(2)3)16-14(18)6-4-5-7-15(19)20/h8-10H,4-7H2,1-3H3,(H,16,18)(H,19,20). The fourth-order valence-corrected chi connectivity index (χ4v) is 3.08. The average Bonchev–Trinajstić information content (AvgIpc) is 2.45. The van der Waals surface area contributed by atoms with Crippen LogP contribution in [0, 0.1) is 6.92 Å². The molecule has 0 unspecified atom stereocenters. The molecule has 7 nitrogen and oxygen atoms in total. The molecule has 0 atom stereocenters. The molecule has 0 aliphatic rings. The Kier molecular flexibility index (Phi) is 6.71. The van der Waals surface area contributed by atoms with Gasteiger partial charge in [-0.2, -0.15) is 0 Å². The van der Waals surface area contributed by atoms with E-state index in [9.17, 15) is 18.0 Å². The maximum absolute atomic E-state index is 12.2. The summed E-state index contributed by atoms with van der Waals surface area (Å²) in [6.45, 7) is 1.69. The molecule has 2 N–H and O–H groups in total. The van der Waals surface area contributed by atoms with Crippen molar-refractivity contribution in [3.05, 3.63) is 23.8 Å². The van der Waals surface area contributed by atoms with Crippen LogP contribution in [0.25, 0.3) is 0 Å². The van der Waals surface area contributed by atoms with Crippen molar-refractivity contribution >= 4 is 27.6 Å². The van der Waals surface area contributed by atoms with Crippen LogP contribution >= 0.6 is 0 Å². The normalized spacial score (nSPS) is 11.5. The van der Waals surface area contributed by atoms with Gasteiger partial charge in [-0.1, -0.05) is 6.07 Å². The zero-order valence-electron chi connectivity index (χ0n) is 13.5. The summed E-state index contributed by atoms with van der Waals surface area (Å²) in [6, 6.07) is 4.70. The number of carboxylic acids is 1. The van der Waals surface area contributed by atoms with Crippen LogP contribution in [-0.4, -0.2) is 43.8 Å².